The fourth-order valence-electron chi connectivity index (χ4n) is 1.49. The highest BCUT2D eigenvalue weighted by Gasteiger charge is 2.19. The average Bonchev–Trinajstić information content (AvgIpc) is 2.81. The molecule has 2 rings (SSSR count). The zero-order valence-corrected chi connectivity index (χ0v) is 12.7. The Morgan fingerprint density at radius 1 is 1.33 bits per heavy atom. The standard InChI is InChI=1S/C12H8BrIO4/c13-6-1-2-8(14)7(5-6)11(15)9-3-4-10(18-9)12(16)17/h1-5,11,15H,(H,16,17). The molecular weight excluding hydrogens is 415 g/mol. The number of aliphatic hydroxyl groups excluding tert-OH is 1. The molecule has 0 radical (unpaired) electrons. The number of carbonyl (C=O) groups is 1. The zero-order chi connectivity index (χ0) is 13.3. The van der Waals surface area contributed by atoms with E-state index in [0.717, 1.165) is 8.04 Å². The van der Waals surface area contributed by atoms with Crippen LogP contribution in [0.25, 0.3) is 0 Å². The van der Waals surface area contributed by atoms with Crippen molar-refractivity contribution in [2.75, 3.05) is 0 Å². The second-order valence-corrected chi connectivity index (χ2v) is 5.65. The van der Waals surface area contributed by atoms with Crippen LogP contribution in [0.5, 0.6) is 0 Å². The lowest BCUT2D eigenvalue weighted by atomic mass is 10.1. The highest BCUT2D eigenvalue weighted by molar-refractivity contribution is 14.1. The van der Waals surface area contributed by atoms with E-state index in [-0.39, 0.29) is 11.5 Å². The topological polar surface area (TPSA) is 70.7 Å². The van der Waals surface area contributed by atoms with E-state index in [9.17, 15) is 9.90 Å². The molecule has 0 saturated heterocycles. The Hall–Kier alpha value is -0.860. The SMILES string of the molecule is O=C(O)c1ccc(C(O)c2cc(Br)ccc2I)o1. The van der Waals surface area contributed by atoms with Gasteiger partial charge in [-0.05, 0) is 52.9 Å². The normalized spacial score (nSPS) is 12.4. The summed E-state index contributed by atoms with van der Waals surface area (Å²) in [5.74, 6) is -1.13. The maximum Gasteiger partial charge on any atom is 0.371 e. The van der Waals surface area contributed by atoms with Crippen LogP contribution in [0.15, 0.2) is 39.2 Å². The number of aliphatic hydroxyl groups is 1. The molecule has 0 aliphatic rings. The minimum Gasteiger partial charge on any atom is -0.475 e. The summed E-state index contributed by atoms with van der Waals surface area (Å²) in [6.07, 6.45) is -0.984. The maximum absolute atomic E-state index is 10.7. The van der Waals surface area contributed by atoms with Crippen molar-refractivity contribution < 1.29 is 19.4 Å². The Labute approximate surface area is 125 Å². The van der Waals surface area contributed by atoms with E-state index in [1.807, 2.05) is 12.1 Å². The fraction of sp³-hybridized carbons (Fsp3) is 0.0833. The van der Waals surface area contributed by atoms with E-state index < -0.39 is 12.1 Å². The number of rotatable bonds is 3. The van der Waals surface area contributed by atoms with E-state index in [1.54, 1.807) is 6.07 Å². The summed E-state index contributed by atoms with van der Waals surface area (Å²) in [6.45, 7) is 0. The number of carboxylic acid groups (broad SMARTS) is 1. The second kappa shape index (κ2) is 5.41. The molecule has 0 amide bonds. The Bertz CT molecular complexity index is 594. The lowest BCUT2D eigenvalue weighted by Gasteiger charge is -2.10. The molecular formula is C12H8BrIO4. The molecule has 0 aliphatic carbocycles. The highest BCUT2D eigenvalue weighted by atomic mass is 127. The van der Waals surface area contributed by atoms with Crippen molar-refractivity contribution in [1.29, 1.82) is 0 Å². The number of furan rings is 1. The fourth-order valence-corrected chi connectivity index (χ4v) is 2.50. The van der Waals surface area contributed by atoms with Crippen molar-refractivity contribution in [3.8, 4) is 0 Å². The van der Waals surface area contributed by atoms with Gasteiger partial charge in [0.05, 0.1) is 0 Å². The Morgan fingerprint density at radius 2 is 2.06 bits per heavy atom. The monoisotopic (exact) mass is 422 g/mol. The summed E-state index contributed by atoms with van der Waals surface area (Å²) >= 11 is 5.43. The smallest absolute Gasteiger partial charge is 0.371 e. The largest absolute Gasteiger partial charge is 0.475 e. The van der Waals surface area contributed by atoms with Crippen LogP contribution in [0, 0.1) is 3.57 Å². The first-order valence-electron chi connectivity index (χ1n) is 4.95. The van der Waals surface area contributed by atoms with Crippen molar-refractivity contribution in [3.05, 3.63) is 55.5 Å². The van der Waals surface area contributed by atoms with Gasteiger partial charge < -0.3 is 14.6 Å². The summed E-state index contributed by atoms with van der Waals surface area (Å²) in [6, 6.07) is 8.28. The summed E-state index contributed by atoms with van der Waals surface area (Å²) in [5.41, 5.74) is 0.663. The molecule has 1 aromatic carbocycles. The van der Waals surface area contributed by atoms with Crippen LogP contribution in [0.2, 0.25) is 0 Å². The van der Waals surface area contributed by atoms with Gasteiger partial charge in [-0.15, -0.1) is 0 Å². The first kappa shape index (κ1) is 13.6. The molecule has 0 saturated carbocycles. The van der Waals surface area contributed by atoms with Crippen molar-refractivity contribution in [1.82, 2.24) is 0 Å². The van der Waals surface area contributed by atoms with Gasteiger partial charge in [0, 0.05) is 13.6 Å². The third kappa shape index (κ3) is 2.76. The highest BCUT2D eigenvalue weighted by Crippen LogP contribution is 2.29. The molecule has 1 atom stereocenters. The molecule has 1 heterocycles. The van der Waals surface area contributed by atoms with Crippen molar-refractivity contribution in [3.63, 3.8) is 0 Å². The van der Waals surface area contributed by atoms with Crippen LogP contribution in [0.3, 0.4) is 0 Å². The van der Waals surface area contributed by atoms with E-state index >= 15 is 0 Å². The summed E-state index contributed by atoms with van der Waals surface area (Å²) in [7, 11) is 0. The molecule has 6 heteroatoms. The lowest BCUT2D eigenvalue weighted by Crippen LogP contribution is -2.01. The molecule has 18 heavy (non-hydrogen) atoms. The molecule has 2 N–H and O–H groups in total. The average molecular weight is 423 g/mol. The molecule has 0 fully saturated rings. The first-order valence-corrected chi connectivity index (χ1v) is 6.82. The number of hydrogen-bond donors (Lipinski definition) is 2. The predicted molar refractivity (Wildman–Crippen MR) is 76.6 cm³/mol. The van der Waals surface area contributed by atoms with Gasteiger partial charge in [-0.25, -0.2) is 4.79 Å². The first-order chi connectivity index (χ1) is 8.49. The molecule has 4 nitrogen and oxygen atoms in total. The van der Waals surface area contributed by atoms with Crippen LogP contribution in [-0.2, 0) is 0 Å². The minimum absolute atomic E-state index is 0.186. The lowest BCUT2D eigenvalue weighted by molar-refractivity contribution is 0.0655. The van der Waals surface area contributed by atoms with Crippen LogP contribution < -0.4 is 0 Å². The van der Waals surface area contributed by atoms with E-state index in [2.05, 4.69) is 38.5 Å². The van der Waals surface area contributed by atoms with Crippen LogP contribution in [0.1, 0.15) is 28.0 Å². The number of benzene rings is 1. The molecule has 0 spiro atoms. The van der Waals surface area contributed by atoms with Gasteiger partial charge in [0.25, 0.3) is 0 Å². The number of halogens is 2. The minimum atomic E-state index is -1.16. The summed E-state index contributed by atoms with van der Waals surface area (Å²) in [4.78, 5) is 10.7. The molecule has 94 valence electrons. The van der Waals surface area contributed by atoms with Crippen LogP contribution >= 0.6 is 38.5 Å². The van der Waals surface area contributed by atoms with Gasteiger partial charge in [-0.2, -0.15) is 0 Å². The predicted octanol–water partition coefficient (Wildman–Crippen LogP) is 3.43. The molecule has 0 aliphatic heterocycles. The van der Waals surface area contributed by atoms with Gasteiger partial charge in [0.1, 0.15) is 11.9 Å². The van der Waals surface area contributed by atoms with Gasteiger partial charge in [0.2, 0.25) is 5.76 Å². The summed E-state index contributed by atoms with van der Waals surface area (Å²) in [5, 5.41) is 18.9. The quantitative estimate of drug-likeness (QED) is 0.743. The van der Waals surface area contributed by atoms with Crippen LogP contribution in [0.4, 0.5) is 0 Å². The van der Waals surface area contributed by atoms with Gasteiger partial charge >= 0.3 is 5.97 Å². The molecule has 2 aromatic rings. The van der Waals surface area contributed by atoms with Crippen LogP contribution in [-0.4, -0.2) is 16.2 Å². The number of hydrogen-bond acceptors (Lipinski definition) is 3. The second-order valence-electron chi connectivity index (χ2n) is 3.58. The third-order valence-corrected chi connectivity index (χ3v) is 3.84. The van der Waals surface area contributed by atoms with E-state index in [1.165, 1.54) is 12.1 Å². The van der Waals surface area contributed by atoms with E-state index in [0.29, 0.717) is 5.56 Å². The Morgan fingerprint density at radius 3 is 2.67 bits per heavy atom. The molecule has 1 aromatic heterocycles. The number of carboxylic acids is 1. The van der Waals surface area contributed by atoms with Gasteiger partial charge in [-0.3, -0.25) is 0 Å². The molecule has 1 unspecified atom stereocenters. The van der Waals surface area contributed by atoms with Crippen molar-refractivity contribution in [2.45, 2.75) is 6.10 Å². The Balaban J connectivity index is 2.37. The molecule has 0 bridgehead atoms. The van der Waals surface area contributed by atoms with Crippen molar-refractivity contribution >= 4 is 44.5 Å². The maximum atomic E-state index is 10.7. The number of aromatic carboxylic acids is 1. The summed E-state index contributed by atoms with van der Waals surface area (Å²) < 4.78 is 6.79. The van der Waals surface area contributed by atoms with E-state index in [4.69, 9.17) is 9.52 Å². The zero-order valence-electron chi connectivity index (χ0n) is 8.93. The van der Waals surface area contributed by atoms with Gasteiger partial charge in [0.15, 0.2) is 0 Å². The third-order valence-electron chi connectivity index (χ3n) is 2.36. The van der Waals surface area contributed by atoms with Crippen molar-refractivity contribution in [2.24, 2.45) is 0 Å². The van der Waals surface area contributed by atoms with Gasteiger partial charge in [-0.1, -0.05) is 15.9 Å². The Kier molecular flexibility index (Phi) is 4.08.